The second-order valence-corrected chi connectivity index (χ2v) is 8.82. The topological polar surface area (TPSA) is 80.5 Å². The van der Waals surface area contributed by atoms with Crippen LogP contribution in [0.2, 0.25) is 5.02 Å². The summed E-state index contributed by atoms with van der Waals surface area (Å²) in [6, 6.07) is 10.4. The number of hydrogen-bond acceptors (Lipinski definition) is 5. The minimum absolute atomic E-state index is 0.0203. The number of rotatable bonds is 2. The number of fused-ring (bicyclic) bond motifs is 1. The first-order chi connectivity index (χ1) is 12.4. The van der Waals surface area contributed by atoms with Gasteiger partial charge in [-0.1, -0.05) is 23.7 Å². The van der Waals surface area contributed by atoms with Crippen molar-refractivity contribution in [3.63, 3.8) is 0 Å². The quantitative estimate of drug-likeness (QED) is 0.671. The maximum absolute atomic E-state index is 13.1. The standard InChI is InChI=1S/C18H15ClN2O4S/c19-14-4-1-3-12-13(18(22)21-6-9-26(23,24)10-7-21)11-15(20-17(12)14)16-5-2-8-25-16/h1-5,8,11H,6-7,9-10H2. The van der Waals surface area contributed by atoms with Gasteiger partial charge in [-0.2, -0.15) is 0 Å². The summed E-state index contributed by atoms with van der Waals surface area (Å²) in [4.78, 5) is 19.2. The Kier molecular flexibility index (Phi) is 4.20. The van der Waals surface area contributed by atoms with Crippen LogP contribution >= 0.6 is 11.6 Å². The van der Waals surface area contributed by atoms with Crippen LogP contribution < -0.4 is 0 Å². The molecule has 0 unspecified atom stereocenters. The molecule has 6 nitrogen and oxygen atoms in total. The van der Waals surface area contributed by atoms with E-state index in [1.165, 1.54) is 6.26 Å². The molecule has 4 rings (SSSR count). The lowest BCUT2D eigenvalue weighted by molar-refractivity contribution is 0.0772. The molecule has 1 saturated heterocycles. The van der Waals surface area contributed by atoms with Crippen LogP contribution in [0.5, 0.6) is 0 Å². The number of hydrogen-bond donors (Lipinski definition) is 0. The molecule has 0 bridgehead atoms. The van der Waals surface area contributed by atoms with Crippen molar-refractivity contribution in [2.24, 2.45) is 0 Å². The minimum Gasteiger partial charge on any atom is -0.463 e. The van der Waals surface area contributed by atoms with E-state index in [1.54, 1.807) is 41.3 Å². The smallest absolute Gasteiger partial charge is 0.254 e. The Balaban J connectivity index is 1.83. The Labute approximate surface area is 155 Å². The van der Waals surface area contributed by atoms with Gasteiger partial charge in [0.05, 0.1) is 33.9 Å². The summed E-state index contributed by atoms with van der Waals surface area (Å²) in [7, 11) is -3.07. The Hall–Kier alpha value is -2.38. The molecule has 1 aliphatic rings. The fraction of sp³-hybridized carbons (Fsp3) is 0.222. The number of carbonyl (C=O) groups is 1. The molecule has 8 heteroatoms. The van der Waals surface area contributed by atoms with Gasteiger partial charge in [0.15, 0.2) is 15.6 Å². The van der Waals surface area contributed by atoms with Gasteiger partial charge in [0, 0.05) is 18.5 Å². The Morgan fingerprint density at radius 1 is 1.15 bits per heavy atom. The monoisotopic (exact) mass is 390 g/mol. The number of pyridine rings is 1. The van der Waals surface area contributed by atoms with E-state index in [9.17, 15) is 13.2 Å². The second kappa shape index (κ2) is 6.41. The average Bonchev–Trinajstić information content (AvgIpc) is 3.15. The molecular weight excluding hydrogens is 376 g/mol. The number of benzene rings is 1. The highest BCUT2D eigenvalue weighted by Crippen LogP contribution is 2.30. The van der Waals surface area contributed by atoms with Gasteiger partial charge in [0.1, 0.15) is 5.69 Å². The lowest BCUT2D eigenvalue weighted by atomic mass is 10.1. The zero-order chi connectivity index (χ0) is 18.3. The van der Waals surface area contributed by atoms with E-state index in [1.807, 2.05) is 0 Å². The summed E-state index contributed by atoms with van der Waals surface area (Å²) in [6.07, 6.45) is 1.53. The maximum Gasteiger partial charge on any atom is 0.254 e. The van der Waals surface area contributed by atoms with Crippen LogP contribution in [-0.4, -0.2) is 48.8 Å². The van der Waals surface area contributed by atoms with Gasteiger partial charge in [0.2, 0.25) is 0 Å². The first kappa shape index (κ1) is 17.1. The fourth-order valence-corrected chi connectivity index (χ4v) is 4.44. The zero-order valence-corrected chi connectivity index (χ0v) is 15.3. The number of aromatic nitrogens is 1. The van der Waals surface area contributed by atoms with Gasteiger partial charge < -0.3 is 9.32 Å². The molecule has 26 heavy (non-hydrogen) atoms. The number of para-hydroxylation sites is 1. The van der Waals surface area contributed by atoms with Crippen molar-refractivity contribution in [1.82, 2.24) is 9.88 Å². The fourth-order valence-electron chi connectivity index (χ4n) is 3.03. The summed E-state index contributed by atoms with van der Waals surface area (Å²) in [5.74, 6) is 0.255. The van der Waals surface area contributed by atoms with Crippen molar-refractivity contribution in [2.45, 2.75) is 0 Å². The van der Waals surface area contributed by atoms with Crippen molar-refractivity contribution >= 4 is 38.2 Å². The van der Waals surface area contributed by atoms with Gasteiger partial charge in [-0.25, -0.2) is 13.4 Å². The van der Waals surface area contributed by atoms with Crippen LogP contribution in [-0.2, 0) is 9.84 Å². The van der Waals surface area contributed by atoms with E-state index in [4.69, 9.17) is 16.0 Å². The molecule has 1 aromatic carbocycles. The van der Waals surface area contributed by atoms with E-state index < -0.39 is 9.84 Å². The van der Waals surface area contributed by atoms with Gasteiger partial charge in [-0.05, 0) is 24.3 Å². The number of furan rings is 1. The second-order valence-electron chi connectivity index (χ2n) is 6.11. The van der Waals surface area contributed by atoms with Gasteiger partial charge >= 0.3 is 0 Å². The minimum atomic E-state index is -3.07. The van der Waals surface area contributed by atoms with Crippen molar-refractivity contribution in [1.29, 1.82) is 0 Å². The van der Waals surface area contributed by atoms with Crippen molar-refractivity contribution < 1.29 is 17.6 Å². The number of carbonyl (C=O) groups excluding carboxylic acids is 1. The van der Waals surface area contributed by atoms with Crippen LogP contribution in [0, 0.1) is 0 Å². The lowest BCUT2D eigenvalue weighted by Crippen LogP contribution is -2.43. The van der Waals surface area contributed by atoms with Crippen molar-refractivity contribution in [2.75, 3.05) is 24.6 Å². The van der Waals surface area contributed by atoms with Gasteiger partial charge in [0.25, 0.3) is 5.91 Å². The molecule has 0 atom stereocenters. The lowest BCUT2D eigenvalue weighted by Gasteiger charge is -2.27. The number of nitrogens with zero attached hydrogens (tertiary/aromatic N) is 2. The molecule has 1 aliphatic heterocycles. The predicted octanol–water partition coefficient (Wildman–Crippen LogP) is 3.02. The highest BCUT2D eigenvalue weighted by molar-refractivity contribution is 7.91. The largest absolute Gasteiger partial charge is 0.463 e. The van der Waals surface area contributed by atoms with Crippen molar-refractivity contribution in [3.8, 4) is 11.5 Å². The summed E-state index contributed by atoms with van der Waals surface area (Å²) in [6.45, 7) is 0.364. The number of sulfone groups is 1. The number of amides is 1. The molecule has 0 saturated carbocycles. The molecule has 3 heterocycles. The summed E-state index contributed by atoms with van der Waals surface area (Å²) in [5, 5.41) is 1.07. The van der Waals surface area contributed by atoms with E-state index in [0.717, 1.165) is 0 Å². The molecule has 1 amide bonds. The molecule has 3 aromatic rings. The molecule has 0 radical (unpaired) electrons. The highest BCUT2D eigenvalue weighted by Gasteiger charge is 2.27. The molecule has 0 N–H and O–H groups in total. The van der Waals surface area contributed by atoms with Crippen LogP contribution in [0.3, 0.4) is 0 Å². The van der Waals surface area contributed by atoms with E-state index in [2.05, 4.69) is 4.98 Å². The SMILES string of the molecule is O=C(c1cc(-c2ccco2)nc2c(Cl)cccc12)N1CCS(=O)(=O)CC1. The molecule has 134 valence electrons. The van der Waals surface area contributed by atoms with Gasteiger partial charge in [-0.3, -0.25) is 4.79 Å². The first-order valence-electron chi connectivity index (χ1n) is 8.07. The van der Waals surface area contributed by atoms with Crippen LogP contribution in [0.15, 0.2) is 47.1 Å². The maximum atomic E-state index is 13.1. The van der Waals surface area contributed by atoms with Crippen molar-refractivity contribution in [3.05, 3.63) is 53.2 Å². The predicted molar refractivity (Wildman–Crippen MR) is 99.0 cm³/mol. The Morgan fingerprint density at radius 3 is 2.62 bits per heavy atom. The first-order valence-corrected chi connectivity index (χ1v) is 10.3. The van der Waals surface area contributed by atoms with E-state index in [0.29, 0.717) is 32.9 Å². The van der Waals surface area contributed by atoms with Crippen LogP contribution in [0.25, 0.3) is 22.4 Å². The summed E-state index contributed by atoms with van der Waals surface area (Å²) < 4.78 is 28.7. The Morgan fingerprint density at radius 2 is 1.92 bits per heavy atom. The highest BCUT2D eigenvalue weighted by atomic mass is 35.5. The van der Waals surface area contributed by atoms with Crippen LogP contribution in [0.4, 0.5) is 0 Å². The molecule has 2 aromatic heterocycles. The average molecular weight is 391 g/mol. The summed E-state index contributed by atoms with van der Waals surface area (Å²) in [5.41, 5.74) is 1.45. The normalized spacial score (nSPS) is 16.7. The molecule has 1 fully saturated rings. The summed E-state index contributed by atoms with van der Waals surface area (Å²) >= 11 is 6.29. The van der Waals surface area contributed by atoms with Crippen LogP contribution in [0.1, 0.15) is 10.4 Å². The van der Waals surface area contributed by atoms with Gasteiger partial charge in [-0.15, -0.1) is 0 Å². The third-order valence-electron chi connectivity index (χ3n) is 4.43. The molecule has 0 aliphatic carbocycles. The molecule has 0 spiro atoms. The third-order valence-corrected chi connectivity index (χ3v) is 6.34. The number of halogens is 1. The molecular formula is C18H15ClN2O4S. The van der Waals surface area contributed by atoms with E-state index in [-0.39, 0.29) is 30.5 Å². The van der Waals surface area contributed by atoms with E-state index >= 15 is 0 Å². The third kappa shape index (κ3) is 3.08. The Bertz CT molecular complexity index is 1080. The zero-order valence-electron chi connectivity index (χ0n) is 13.7.